The number of thioether (sulfide) groups is 1. The van der Waals surface area contributed by atoms with E-state index in [0.29, 0.717) is 17.0 Å². The normalized spacial score (nSPS) is 14.9. The van der Waals surface area contributed by atoms with Crippen molar-refractivity contribution in [2.24, 2.45) is 0 Å². The zero-order valence-corrected chi connectivity index (χ0v) is 17.0. The summed E-state index contributed by atoms with van der Waals surface area (Å²) < 4.78 is 1.91. The molecule has 0 radical (unpaired) electrons. The number of piperidine rings is 1. The van der Waals surface area contributed by atoms with E-state index in [9.17, 15) is 4.79 Å². The first-order valence-electron chi connectivity index (χ1n) is 8.76. The summed E-state index contributed by atoms with van der Waals surface area (Å²) in [6.45, 7) is 8.15. The number of anilines is 1. The number of para-hydroxylation sites is 1. The van der Waals surface area contributed by atoms with Gasteiger partial charge in [-0.2, -0.15) is 0 Å². The zero-order valence-electron chi connectivity index (χ0n) is 15.4. The van der Waals surface area contributed by atoms with E-state index in [1.165, 1.54) is 0 Å². The third-order valence-electron chi connectivity index (χ3n) is 4.29. The molecule has 2 heterocycles. The Morgan fingerprint density at radius 3 is 2.69 bits per heavy atom. The van der Waals surface area contributed by atoms with Gasteiger partial charge in [-0.25, -0.2) is 4.68 Å². The van der Waals surface area contributed by atoms with Gasteiger partial charge in [-0.3, -0.25) is 4.79 Å². The fourth-order valence-corrected chi connectivity index (χ4v) is 3.97. The van der Waals surface area contributed by atoms with Crippen LogP contribution in [0.5, 0.6) is 0 Å². The Balaban J connectivity index is 0.00000243. The van der Waals surface area contributed by atoms with Crippen LogP contribution in [0.2, 0.25) is 0 Å². The molecule has 1 aromatic heterocycles. The topological polar surface area (TPSA) is 71.8 Å². The predicted molar refractivity (Wildman–Crippen MR) is 109 cm³/mol. The molecule has 1 aliphatic heterocycles. The van der Waals surface area contributed by atoms with Crippen LogP contribution < -0.4 is 10.6 Å². The summed E-state index contributed by atoms with van der Waals surface area (Å²) >= 11 is 1.73. The molecule has 2 N–H and O–H groups in total. The second-order valence-corrected chi connectivity index (χ2v) is 8.18. The van der Waals surface area contributed by atoms with Gasteiger partial charge in [0.1, 0.15) is 0 Å². The summed E-state index contributed by atoms with van der Waals surface area (Å²) in [7, 11) is 0. The van der Waals surface area contributed by atoms with E-state index >= 15 is 0 Å². The molecule has 1 aliphatic rings. The van der Waals surface area contributed by atoms with E-state index in [1.54, 1.807) is 11.8 Å². The number of amides is 1. The fraction of sp³-hybridized carbons (Fsp3) is 0.500. The van der Waals surface area contributed by atoms with Gasteiger partial charge in [-0.15, -0.1) is 29.3 Å². The van der Waals surface area contributed by atoms with Crippen molar-refractivity contribution in [2.75, 3.05) is 18.4 Å². The summed E-state index contributed by atoms with van der Waals surface area (Å²) in [4.78, 5) is 13.8. The molecule has 26 heavy (non-hydrogen) atoms. The van der Waals surface area contributed by atoms with E-state index in [1.807, 2.05) is 35.9 Å². The highest BCUT2D eigenvalue weighted by molar-refractivity contribution is 8.00. The number of benzene rings is 1. The molecule has 0 saturated carbocycles. The quantitative estimate of drug-likeness (QED) is 0.755. The van der Waals surface area contributed by atoms with Crippen LogP contribution >= 0.6 is 24.2 Å². The Morgan fingerprint density at radius 2 is 2.00 bits per heavy atom. The van der Waals surface area contributed by atoms with Crippen LogP contribution in [0.1, 0.15) is 48.9 Å². The zero-order chi connectivity index (χ0) is 17.8. The second kappa shape index (κ2) is 9.39. The van der Waals surface area contributed by atoms with E-state index in [-0.39, 0.29) is 18.3 Å². The van der Waals surface area contributed by atoms with E-state index < -0.39 is 0 Å². The molecule has 0 spiro atoms. The van der Waals surface area contributed by atoms with Gasteiger partial charge in [0.2, 0.25) is 0 Å². The van der Waals surface area contributed by atoms with Gasteiger partial charge in [0, 0.05) is 10.1 Å². The first kappa shape index (κ1) is 20.7. The van der Waals surface area contributed by atoms with Crippen LogP contribution in [-0.2, 0) is 0 Å². The van der Waals surface area contributed by atoms with Crippen LogP contribution in [0.4, 0.5) is 5.69 Å². The summed E-state index contributed by atoms with van der Waals surface area (Å²) in [6.07, 6.45) is 2.03. The monoisotopic (exact) mass is 395 g/mol. The first-order chi connectivity index (χ1) is 12.1. The number of halogens is 1. The maximum atomic E-state index is 12.7. The molecule has 1 saturated heterocycles. The molecule has 3 rings (SSSR count). The molecule has 1 amide bonds. The van der Waals surface area contributed by atoms with E-state index in [4.69, 9.17) is 0 Å². The average Bonchev–Trinajstić information content (AvgIpc) is 2.98. The Bertz CT molecular complexity index is 743. The van der Waals surface area contributed by atoms with Crippen LogP contribution in [0.15, 0.2) is 29.2 Å². The highest BCUT2D eigenvalue weighted by atomic mass is 35.5. The standard InChI is InChI=1S/C18H25N5OS.ClH/c1-12(2)25-16-7-5-4-6-15(16)20-18(24)17-13(3)23(22-21-17)14-8-10-19-11-9-14;/h4-7,12,14,19H,8-11H2,1-3H3,(H,20,24);1H. The summed E-state index contributed by atoms with van der Waals surface area (Å²) in [5.74, 6) is -0.200. The molecular formula is C18H26ClN5OS. The maximum Gasteiger partial charge on any atom is 0.278 e. The molecule has 8 heteroatoms. The number of carbonyl (C=O) groups is 1. The molecule has 0 unspecified atom stereocenters. The number of carbonyl (C=O) groups excluding carboxylic acids is 1. The van der Waals surface area contributed by atoms with Gasteiger partial charge in [0.15, 0.2) is 5.69 Å². The van der Waals surface area contributed by atoms with Crippen LogP contribution in [-0.4, -0.2) is 39.2 Å². The molecule has 142 valence electrons. The second-order valence-electron chi connectivity index (χ2n) is 6.57. The SMILES string of the molecule is Cc1c(C(=O)Nc2ccccc2SC(C)C)nnn1C1CCNCC1.Cl. The van der Waals surface area contributed by atoms with Gasteiger partial charge in [0.25, 0.3) is 5.91 Å². The number of rotatable bonds is 5. The Morgan fingerprint density at radius 1 is 1.31 bits per heavy atom. The third-order valence-corrected chi connectivity index (χ3v) is 5.38. The van der Waals surface area contributed by atoms with E-state index in [0.717, 1.165) is 42.2 Å². The Labute approximate surface area is 164 Å². The molecule has 0 atom stereocenters. The largest absolute Gasteiger partial charge is 0.319 e. The minimum atomic E-state index is -0.200. The third kappa shape index (κ3) is 4.78. The molecule has 1 fully saturated rings. The minimum absolute atomic E-state index is 0. The lowest BCUT2D eigenvalue weighted by molar-refractivity contribution is 0.102. The van der Waals surface area contributed by atoms with Crippen LogP contribution in [0.25, 0.3) is 0 Å². The highest BCUT2D eigenvalue weighted by Crippen LogP contribution is 2.30. The average molecular weight is 396 g/mol. The molecular weight excluding hydrogens is 370 g/mol. The molecule has 2 aromatic rings. The number of hydrogen-bond acceptors (Lipinski definition) is 5. The van der Waals surface area contributed by atoms with Gasteiger partial charge in [0.05, 0.1) is 17.4 Å². The van der Waals surface area contributed by atoms with Gasteiger partial charge >= 0.3 is 0 Å². The van der Waals surface area contributed by atoms with Crippen molar-refractivity contribution in [1.82, 2.24) is 20.3 Å². The van der Waals surface area contributed by atoms with Crippen molar-refractivity contribution >= 4 is 35.8 Å². The first-order valence-corrected chi connectivity index (χ1v) is 9.63. The Hall–Kier alpha value is -1.57. The van der Waals surface area contributed by atoms with Crippen molar-refractivity contribution < 1.29 is 4.79 Å². The number of aromatic nitrogens is 3. The predicted octanol–water partition coefficient (Wildman–Crippen LogP) is 3.69. The van der Waals surface area contributed by atoms with Crippen molar-refractivity contribution in [2.45, 2.75) is 49.8 Å². The van der Waals surface area contributed by atoms with Gasteiger partial charge in [-0.05, 0) is 45.0 Å². The van der Waals surface area contributed by atoms with Crippen LogP contribution in [0, 0.1) is 6.92 Å². The minimum Gasteiger partial charge on any atom is -0.319 e. The lowest BCUT2D eigenvalue weighted by atomic mass is 10.1. The summed E-state index contributed by atoms with van der Waals surface area (Å²) in [5, 5.41) is 15.2. The van der Waals surface area contributed by atoms with Gasteiger partial charge < -0.3 is 10.6 Å². The van der Waals surface area contributed by atoms with Crippen molar-refractivity contribution in [3.8, 4) is 0 Å². The molecule has 0 bridgehead atoms. The molecule has 0 aliphatic carbocycles. The van der Waals surface area contributed by atoms with Crippen LogP contribution in [0.3, 0.4) is 0 Å². The van der Waals surface area contributed by atoms with Crippen molar-refractivity contribution in [1.29, 1.82) is 0 Å². The summed E-state index contributed by atoms with van der Waals surface area (Å²) in [5.41, 5.74) is 2.06. The number of nitrogens with one attached hydrogen (secondary N) is 2. The number of hydrogen-bond donors (Lipinski definition) is 2. The number of nitrogens with zero attached hydrogens (tertiary/aromatic N) is 3. The lowest BCUT2D eigenvalue weighted by Gasteiger charge is -2.23. The molecule has 1 aromatic carbocycles. The summed E-state index contributed by atoms with van der Waals surface area (Å²) in [6, 6.07) is 8.19. The highest BCUT2D eigenvalue weighted by Gasteiger charge is 2.23. The lowest BCUT2D eigenvalue weighted by Crippen LogP contribution is -2.30. The molecule has 6 nitrogen and oxygen atoms in total. The maximum absolute atomic E-state index is 12.7. The fourth-order valence-electron chi connectivity index (χ4n) is 3.06. The Kier molecular flexibility index (Phi) is 7.49. The van der Waals surface area contributed by atoms with Gasteiger partial charge in [-0.1, -0.05) is 31.2 Å². The van der Waals surface area contributed by atoms with Crippen molar-refractivity contribution in [3.05, 3.63) is 35.7 Å². The van der Waals surface area contributed by atoms with E-state index in [2.05, 4.69) is 34.8 Å². The smallest absolute Gasteiger partial charge is 0.278 e. The van der Waals surface area contributed by atoms with Crippen molar-refractivity contribution in [3.63, 3.8) is 0 Å².